The predicted molar refractivity (Wildman–Crippen MR) is 77.9 cm³/mol. The fourth-order valence-electron chi connectivity index (χ4n) is 2.22. The number of nitrogens with zero attached hydrogens (tertiary/aromatic N) is 2. The van der Waals surface area contributed by atoms with Gasteiger partial charge in [-0.15, -0.1) is 0 Å². The first-order valence-corrected chi connectivity index (χ1v) is 7.10. The average Bonchev–Trinajstić information content (AvgIpc) is 2.89. The number of carbonyl (C=O) groups excluding carboxylic acids is 1. The highest BCUT2D eigenvalue weighted by molar-refractivity contribution is 5.69. The van der Waals surface area contributed by atoms with Crippen LogP contribution >= 0.6 is 0 Å². The van der Waals surface area contributed by atoms with Crippen LogP contribution in [0.1, 0.15) is 13.3 Å². The molecule has 1 saturated heterocycles. The zero-order valence-electron chi connectivity index (χ0n) is 11.9. The van der Waals surface area contributed by atoms with Gasteiger partial charge in [0.05, 0.1) is 12.6 Å². The second kappa shape index (κ2) is 7.14. The summed E-state index contributed by atoms with van der Waals surface area (Å²) < 4.78 is 4.92. The van der Waals surface area contributed by atoms with Crippen molar-refractivity contribution in [1.29, 1.82) is 0 Å². The van der Waals surface area contributed by atoms with E-state index in [-0.39, 0.29) is 12.2 Å². The van der Waals surface area contributed by atoms with Crippen molar-refractivity contribution in [1.82, 2.24) is 4.90 Å². The standard InChI is InChI=1S/C15H22N2O3/c1-2-14(18)12-17(13-6-4-3-5-7-13)9-8-16-10-11-20-15(16)19/h3-7,14,18H,2,8-12H2,1H3. The van der Waals surface area contributed by atoms with Gasteiger partial charge in [-0.2, -0.15) is 0 Å². The molecule has 0 aromatic heterocycles. The maximum atomic E-state index is 11.4. The van der Waals surface area contributed by atoms with Crippen molar-refractivity contribution in [3.05, 3.63) is 30.3 Å². The molecule has 1 amide bonds. The first-order valence-electron chi connectivity index (χ1n) is 7.10. The number of aliphatic hydroxyl groups excluding tert-OH is 1. The van der Waals surface area contributed by atoms with Gasteiger partial charge in [-0.3, -0.25) is 0 Å². The van der Waals surface area contributed by atoms with Crippen molar-refractivity contribution in [2.45, 2.75) is 19.4 Å². The van der Waals surface area contributed by atoms with E-state index >= 15 is 0 Å². The summed E-state index contributed by atoms with van der Waals surface area (Å²) in [6.45, 7) is 4.97. The smallest absolute Gasteiger partial charge is 0.409 e. The Bertz CT molecular complexity index is 424. The van der Waals surface area contributed by atoms with E-state index in [0.29, 0.717) is 32.8 Å². The third-order valence-electron chi connectivity index (χ3n) is 3.51. The molecule has 5 nitrogen and oxygen atoms in total. The highest BCUT2D eigenvalue weighted by atomic mass is 16.6. The van der Waals surface area contributed by atoms with Gasteiger partial charge in [-0.05, 0) is 18.6 Å². The van der Waals surface area contributed by atoms with Crippen molar-refractivity contribution in [3.8, 4) is 0 Å². The van der Waals surface area contributed by atoms with Crippen LogP contribution in [0.2, 0.25) is 0 Å². The number of cyclic esters (lactones) is 1. The lowest BCUT2D eigenvalue weighted by molar-refractivity contribution is 0.158. The van der Waals surface area contributed by atoms with Crippen LogP contribution in [0.3, 0.4) is 0 Å². The Morgan fingerprint density at radius 1 is 1.40 bits per heavy atom. The van der Waals surface area contributed by atoms with E-state index in [0.717, 1.165) is 12.1 Å². The Morgan fingerprint density at radius 3 is 2.75 bits per heavy atom. The Hall–Kier alpha value is -1.75. The molecular weight excluding hydrogens is 256 g/mol. The maximum absolute atomic E-state index is 11.4. The van der Waals surface area contributed by atoms with Gasteiger partial charge in [0.2, 0.25) is 0 Å². The summed E-state index contributed by atoms with van der Waals surface area (Å²) in [7, 11) is 0. The van der Waals surface area contributed by atoms with E-state index in [4.69, 9.17) is 4.74 Å². The minimum absolute atomic E-state index is 0.242. The summed E-state index contributed by atoms with van der Waals surface area (Å²) in [6, 6.07) is 9.96. The van der Waals surface area contributed by atoms with E-state index < -0.39 is 0 Å². The summed E-state index contributed by atoms with van der Waals surface area (Å²) >= 11 is 0. The van der Waals surface area contributed by atoms with Crippen molar-refractivity contribution >= 4 is 11.8 Å². The molecule has 1 fully saturated rings. The zero-order valence-corrected chi connectivity index (χ0v) is 11.9. The van der Waals surface area contributed by atoms with Crippen LogP contribution in [0, 0.1) is 0 Å². The zero-order chi connectivity index (χ0) is 14.4. The minimum atomic E-state index is -0.360. The second-order valence-electron chi connectivity index (χ2n) is 4.95. The van der Waals surface area contributed by atoms with Gasteiger partial charge >= 0.3 is 6.09 Å². The number of para-hydroxylation sites is 1. The molecule has 0 aliphatic carbocycles. The molecule has 1 aromatic rings. The fraction of sp³-hybridized carbons (Fsp3) is 0.533. The second-order valence-corrected chi connectivity index (χ2v) is 4.95. The van der Waals surface area contributed by atoms with Gasteiger partial charge < -0.3 is 19.6 Å². The first kappa shape index (κ1) is 14.7. The monoisotopic (exact) mass is 278 g/mol. The molecule has 1 aromatic carbocycles. The predicted octanol–water partition coefficient (Wildman–Crippen LogP) is 1.72. The van der Waals surface area contributed by atoms with Gasteiger partial charge in [0, 0.05) is 25.3 Å². The lowest BCUT2D eigenvalue weighted by atomic mass is 10.2. The van der Waals surface area contributed by atoms with Crippen LogP contribution in [0.25, 0.3) is 0 Å². The molecule has 0 spiro atoms. The summed E-state index contributed by atoms with van der Waals surface area (Å²) in [4.78, 5) is 15.3. The summed E-state index contributed by atoms with van der Waals surface area (Å²) in [5.74, 6) is 0. The number of amides is 1. The summed E-state index contributed by atoms with van der Waals surface area (Å²) in [6.07, 6.45) is 0.115. The SMILES string of the molecule is CCC(O)CN(CCN1CCOC1=O)c1ccccc1. The number of carbonyl (C=O) groups is 1. The fourth-order valence-corrected chi connectivity index (χ4v) is 2.22. The lowest BCUT2D eigenvalue weighted by Crippen LogP contribution is -2.39. The topological polar surface area (TPSA) is 53.0 Å². The number of hydrogen-bond acceptors (Lipinski definition) is 4. The average molecular weight is 278 g/mol. The number of benzene rings is 1. The van der Waals surface area contributed by atoms with Gasteiger partial charge in [0.15, 0.2) is 0 Å². The molecule has 0 saturated carbocycles. The van der Waals surface area contributed by atoms with Gasteiger partial charge in [-0.25, -0.2) is 4.79 Å². The molecule has 20 heavy (non-hydrogen) atoms. The van der Waals surface area contributed by atoms with Gasteiger partial charge in [0.1, 0.15) is 6.61 Å². The van der Waals surface area contributed by atoms with Crippen molar-refractivity contribution in [3.63, 3.8) is 0 Å². The molecule has 2 rings (SSSR count). The number of ether oxygens (including phenoxy) is 1. The van der Waals surface area contributed by atoms with E-state index in [1.807, 2.05) is 37.3 Å². The molecule has 1 N–H and O–H groups in total. The quantitative estimate of drug-likeness (QED) is 0.825. The largest absolute Gasteiger partial charge is 0.448 e. The first-order chi connectivity index (χ1) is 9.70. The summed E-state index contributed by atoms with van der Waals surface area (Å²) in [5, 5.41) is 9.89. The van der Waals surface area contributed by atoms with Crippen molar-refractivity contribution in [2.75, 3.05) is 37.7 Å². The molecule has 1 aliphatic heterocycles. The molecule has 0 bridgehead atoms. The molecule has 1 heterocycles. The Morgan fingerprint density at radius 2 is 2.15 bits per heavy atom. The van der Waals surface area contributed by atoms with Gasteiger partial charge in [-0.1, -0.05) is 25.1 Å². The van der Waals surface area contributed by atoms with E-state index in [9.17, 15) is 9.90 Å². The van der Waals surface area contributed by atoms with Gasteiger partial charge in [0.25, 0.3) is 0 Å². The number of anilines is 1. The Balaban J connectivity index is 1.97. The molecule has 1 unspecified atom stereocenters. The van der Waals surface area contributed by atoms with Crippen LogP contribution in [0.5, 0.6) is 0 Å². The van der Waals surface area contributed by atoms with E-state index in [1.165, 1.54) is 0 Å². The molecule has 5 heteroatoms. The van der Waals surface area contributed by atoms with E-state index in [2.05, 4.69) is 4.90 Å². The number of rotatable bonds is 7. The minimum Gasteiger partial charge on any atom is -0.448 e. The molecular formula is C15H22N2O3. The third kappa shape index (κ3) is 3.87. The van der Waals surface area contributed by atoms with Crippen LogP contribution in [-0.4, -0.2) is 55.0 Å². The Kier molecular flexibility index (Phi) is 5.24. The van der Waals surface area contributed by atoms with Crippen molar-refractivity contribution in [2.24, 2.45) is 0 Å². The van der Waals surface area contributed by atoms with Crippen LogP contribution in [0.15, 0.2) is 30.3 Å². The van der Waals surface area contributed by atoms with E-state index in [1.54, 1.807) is 4.90 Å². The number of aliphatic hydroxyl groups is 1. The summed E-state index contributed by atoms with van der Waals surface area (Å²) in [5.41, 5.74) is 1.06. The molecule has 110 valence electrons. The van der Waals surface area contributed by atoms with Crippen LogP contribution in [-0.2, 0) is 4.74 Å². The van der Waals surface area contributed by atoms with Crippen LogP contribution < -0.4 is 4.90 Å². The highest BCUT2D eigenvalue weighted by Gasteiger charge is 2.22. The maximum Gasteiger partial charge on any atom is 0.409 e. The highest BCUT2D eigenvalue weighted by Crippen LogP contribution is 2.15. The molecule has 0 radical (unpaired) electrons. The normalized spacial score (nSPS) is 16.1. The molecule has 1 aliphatic rings. The number of hydrogen-bond donors (Lipinski definition) is 1. The van der Waals surface area contributed by atoms with Crippen LogP contribution in [0.4, 0.5) is 10.5 Å². The Labute approximate surface area is 119 Å². The lowest BCUT2D eigenvalue weighted by Gasteiger charge is -2.28. The molecule has 1 atom stereocenters. The van der Waals surface area contributed by atoms with Crippen molar-refractivity contribution < 1.29 is 14.6 Å². The third-order valence-corrected chi connectivity index (χ3v) is 3.51.